The Morgan fingerprint density at radius 2 is 1.85 bits per heavy atom. The van der Waals surface area contributed by atoms with Crippen LogP contribution in [0.1, 0.15) is 51.0 Å². The maximum absolute atomic E-state index is 12.3. The van der Waals surface area contributed by atoms with Gasteiger partial charge in [-0.15, -0.1) is 12.4 Å². The number of amides is 2. The van der Waals surface area contributed by atoms with Crippen LogP contribution in [0.4, 0.5) is 0 Å². The molecule has 1 aliphatic carbocycles. The molecule has 0 saturated heterocycles. The first-order valence-electron chi connectivity index (χ1n) is 9.39. The van der Waals surface area contributed by atoms with Gasteiger partial charge in [0.25, 0.3) is 0 Å². The number of benzene rings is 1. The molecule has 3 N–H and O–H groups in total. The van der Waals surface area contributed by atoms with Crippen LogP contribution in [0.15, 0.2) is 30.3 Å². The Morgan fingerprint density at radius 3 is 2.42 bits per heavy atom. The fourth-order valence-electron chi connectivity index (χ4n) is 3.57. The number of nitrogens with two attached hydrogens (primary N) is 1. The molecule has 5 nitrogen and oxygen atoms in total. The second-order valence-electron chi connectivity index (χ2n) is 6.98. The Morgan fingerprint density at radius 1 is 1.19 bits per heavy atom. The Balaban J connectivity index is 0.00000338. The molecule has 0 aliphatic heterocycles. The van der Waals surface area contributed by atoms with Crippen molar-refractivity contribution in [3.8, 4) is 0 Å². The van der Waals surface area contributed by atoms with E-state index >= 15 is 0 Å². The minimum atomic E-state index is -0.0145. The van der Waals surface area contributed by atoms with E-state index in [2.05, 4.69) is 5.32 Å². The van der Waals surface area contributed by atoms with Gasteiger partial charge in [0.2, 0.25) is 11.8 Å². The minimum absolute atomic E-state index is 0. The van der Waals surface area contributed by atoms with Crippen LogP contribution in [0.5, 0.6) is 0 Å². The highest BCUT2D eigenvalue weighted by molar-refractivity contribution is 5.85. The molecule has 1 aromatic carbocycles. The molecule has 1 aliphatic rings. The number of nitrogens with zero attached hydrogens (tertiary/aromatic N) is 1. The lowest BCUT2D eigenvalue weighted by atomic mass is 9.84. The smallest absolute Gasteiger partial charge is 0.222 e. The fraction of sp³-hybridized carbons (Fsp3) is 0.600. The summed E-state index contributed by atoms with van der Waals surface area (Å²) in [5.74, 6) is 0.468. The van der Waals surface area contributed by atoms with Gasteiger partial charge in [0, 0.05) is 39.0 Å². The van der Waals surface area contributed by atoms with Gasteiger partial charge in [-0.25, -0.2) is 0 Å². The third-order valence-electron chi connectivity index (χ3n) is 5.09. The summed E-state index contributed by atoms with van der Waals surface area (Å²) in [5, 5.41) is 3.09. The maximum atomic E-state index is 12.3. The number of hydrogen-bond donors (Lipinski definition) is 2. The molecule has 0 bridgehead atoms. The van der Waals surface area contributed by atoms with Crippen molar-refractivity contribution in [1.29, 1.82) is 0 Å². The van der Waals surface area contributed by atoms with Gasteiger partial charge in [-0.2, -0.15) is 0 Å². The summed E-state index contributed by atoms with van der Waals surface area (Å²) in [6.07, 6.45) is 6.36. The summed E-state index contributed by atoms with van der Waals surface area (Å²) in [6.45, 7) is 2.99. The summed E-state index contributed by atoms with van der Waals surface area (Å²) >= 11 is 0. The second kappa shape index (κ2) is 11.9. The van der Waals surface area contributed by atoms with Crippen LogP contribution in [0.25, 0.3) is 0 Å². The van der Waals surface area contributed by atoms with Crippen molar-refractivity contribution in [2.24, 2.45) is 11.7 Å². The molecule has 1 aromatic rings. The fourth-order valence-corrected chi connectivity index (χ4v) is 3.57. The quantitative estimate of drug-likeness (QED) is 0.727. The summed E-state index contributed by atoms with van der Waals surface area (Å²) in [5.41, 5.74) is 6.95. The molecular weight excluding hydrogens is 350 g/mol. The van der Waals surface area contributed by atoms with Crippen LogP contribution >= 0.6 is 12.4 Å². The van der Waals surface area contributed by atoms with E-state index in [1.807, 2.05) is 30.3 Å². The number of carbonyl (C=O) groups excluding carboxylic acids is 2. The number of halogens is 1. The molecule has 2 rings (SSSR count). The topological polar surface area (TPSA) is 75.4 Å². The minimum Gasteiger partial charge on any atom is -0.352 e. The highest BCUT2D eigenvalue weighted by Crippen LogP contribution is 2.26. The van der Waals surface area contributed by atoms with Crippen LogP contribution in [-0.4, -0.2) is 35.8 Å². The van der Waals surface area contributed by atoms with E-state index in [0.29, 0.717) is 32.0 Å². The number of rotatable bonds is 8. The van der Waals surface area contributed by atoms with E-state index in [0.717, 1.165) is 18.4 Å². The lowest BCUT2D eigenvalue weighted by Gasteiger charge is -2.30. The molecular formula is C20H32ClN3O2. The third kappa shape index (κ3) is 7.34. The Hall–Kier alpha value is -1.59. The van der Waals surface area contributed by atoms with E-state index in [1.165, 1.54) is 19.3 Å². The van der Waals surface area contributed by atoms with Gasteiger partial charge in [-0.3, -0.25) is 9.59 Å². The zero-order chi connectivity index (χ0) is 18.1. The van der Waals surface area contributed by atoms with E-state index in [1.54, 1.807) is 11.8 Å². The van der Waals surface area contributed by atoms with Crippen molar-refractivity contribution >= 4 is 24.2 Å². The largest absolute Gasteiger partial charge is 0.352 e. The molecule has 6 heteroatoms. The zero-order valence-corrected chi connectivity index (χ0v) is 16.5. The van der Waals surface area contributed by atoms with Crippen LogP contribution in [0.2, 0.25) is 0 Å². The zero-order valence-electron chi connectivity index (χ0n) is 15.7. The van der Waals surface area contributed by atoms with Gasteiger partial charge in [0.05, 0.1) is 0 Å². The van der Waals surface area contributed by atoms with Gasteiger partial charge in [0.1, 0.15) is 0 Å². The highest BCUT2D eigenvalue weighted by atomic mass is 35.5. The summed E-state index contributed by atoms with van der Waals surface area (Å²) in [7, 11) is 0. The Kier molecular flexibility index (Phi) is 10.3. The molecule has 1 saturated carbocycles. The molecule has 26 heavy (non-hydrogen) atoms. The van der Waals surface area contributed by atoms with Gasteiger partial charge in [-0.05, 0) is 24.3 Å². The maximum Gasteiger partial charge on any atom is 0.222 e. The molecule has 1 atom stereocenters. The molecule has 0 heterocycles. The molecule has 1 unspecified atom stereocenters. The summed E-state index contributed by atoms with van der Waals surface area (Å²) in [4.78, 5) is 25.9. The average molecular weight is 382 g/mol. The van der Waals surface area contributed by atoms with Crippen molar-refractivity contribution in [3.63, 3.8) is 0 Å². The average Bonchev–Trinajstić information content (AvgIpc) is 2.64. The van der Waals surface area contributed by atoms with E-state index in [4.69, 9.17) is 5.73 Å². The van der Waals surface area contributed by atoms with E-state index in [9.17, 15) is 9.59 Å². The van der Waals surface area contributed by atoms with Crippen LogP contribution in [-0.2, 0) is 16.1 Å². The van der Waals surface area contributed by atoms with Gasteiger partial charge in [0.15, 0.2) is 0 Å². The van der Waals surface area contributed by atoms with Crippen molar-refractivity contribution < 1.29 is 9.59 Å². The van der Waals surface area contributed by atoms with Gasteiger partial charge < -0.3 is 16.0 Å². The van der Waals surface area contributed by atoms with Crippen LogP contribution < -0.4 is 11.1 Å². The number of hydrogen-bond acceptors (Lipinski definition) is 3. The Labute approximate surface area is 163 Å². The highest BCUT2D eigenvalue weighted by Gasteiger charge is 2.24. The molecule has 0 spiro atoms. The van der Waals surface area contributed by atoms with Gasteiger partial charge in [-0.1, -0.05) is 49.6 Å². The first-order valence-corrected chi connectivity index (χ1v) is 9.39. The van der Waals surface area contributed by atoms with Gasteiger partial charge >= 0.3 is 0 Å². The molecule has 0 aromatic heterocycles. The van der Waals surface area contributed by atoms with Crippen LogP contribution in [0, 0.1) is 5.92 Å². The first-order chi connectivity index (χ1) is 12.1. The predicted molar refractivity (Wildman–Crippen MR) is 107 cm³/mol. The predicted octanol–water partition coefficient (Wildman–Crippen LogP) is 2.87. The summed E-state index contributed by atoms with van der Waals surface area (Å²) < 4.78 is 0. The number of carbonyl (C=O) groups is 2. The van der Waals surface area contributed by atoms with Crippen molar-refractivity contribution in [2.75, 3.05) is 13.1 Å². The molecule has 1 fully saturated rings. The standard InChI is InChI=1S/C20H31N3O2.ClH/c1-16(24)23(15-17-8-4-2-5-9-17)13-12-20(25)22-19(14-21)18-10-6-3-7-11-18;/h2,4-5,8-9,18-19H,3,6-7,10-15,21H2,1H3,(H,22,25);1H. The van der Waals surface area contributed by atoms with E-state index in [-0.39, 0.29) is 30.3 Å². The second-order valence-corrected chi connectivity index (χ2v) is 6.98. The Bertz CT molecular complexity index is 547. The normalized spacial score (nSPS) is 15.6. The van der Waals surface area contributed by atoms with Crippen molar-refractivity contribution in [2.45, 2.75) is 58.0 Å². The number of nitrogens with one attached hydrogen (secondary N) is 1. The van der Waals surface area contributed by atoms with Crippen molar-refractivity contribution in [1.82, 2.24) is 10.2 Å². The van der Waals surface area contributed by atoms with Crippen LogP contribution in [0.3, 0.4) is 0 Å². The third-order valence-corrected chi connectivity index (χ3v) is 5.09. The monoisotopic (exact) mass is 381 g/mol. The first kappa shape index (κ1) is 22.5. The lowest BCUT2D eigenvalue weighted by Crippen LogP contribution is -2.46. The molecule has 2 amide bonds. The molecule has 146 valence electrons. The lowest BCUT2D eigenvalue weighted by molar-refractivity contribution is -0.130. The van der Waals surface area contributed by atoms with E-state index < -0.39 is 0 Å². The van der Waals surface area contributed by atoms with Crippen molar-refractivity contribution in [3.05, 3.63) is 35.9 Å². The summed E-state index contributed by atoms with van der Waals surface area (Å²) in [6, 6.07) is 9.90. The molecule has 0 radical (unpaired) electrons. The SMILES string of the molecule is CC(=O)N(CCC(=O)NC(CN)C1CCCCC1)Cc1ccccc1.Cl.